The molecule has 8 heteroatoms. The Bertz CT molecular complexity index is 513. The van der Waals surface area contributed by atoms with E-state index in [4.69, 9.17) is 5.73 Å². The van der Waals surface area contributed by atoms with Gasteiger partial charge in [0.25, 0.3) is 11.8 Å². The quantitative estimate of drug-likeness (QED) is 0.690. The van der Waals surface area contributed by atoms with Crippen LogP contribution in [-0.2, 0) is 16.1 Å². The summed E-state index contributed by atoms with van der Waals surface area (Å²) < 4.78 is 0. The number of hydrogen-bond donors (Lipinski definition) is 2. The Morgan fingerprint density at radius 1 is 1.67 bits per heavy atom. The van der Waals surface area contributed by atoms with Crippen molar-refractivity contribution in [2.45, 2.75) is 19.0 Å². The highest BCUT2D eigenvalue weighted by Crippen LogP contribution is 2.13. The maximum Gasteiger partial charge on any atom is 0.271 e. The molecule has 1 aliphatic heterocycles. The standard InChI is InChI=1S/C10H12N4O3S/c1-14-8(15)2-5(10(14)17)13-9(16)6-4-18-7(3-11)12-6/h4-5H,2-3,11H2,1H3,(H,13,16). The molecule has 0 spiro atoms. The Balaban J connectivity index is 2.04. The van der Waals surface area contributed by atoms with Crippen LogP contribution in [0.1, 0.15) is 21.9 Å². The maximum absolute atomic E-state index is 11.8. The number of nitrogens with one attached hydrogen (secondary N) is 1. The molecule has 2 rings (SSSR count). The molecule has 3 N–H and O–H groups in total. The molecule has 1 saturated heterocycles. The summed E-state index contributed by atoms with van der Waals surface area (Å²) in [5, 5.41) is 4.71. The van der Waals surface area contributed by atoms with Crippen molar-refractivity contribution >= 4 is 29.1 Å². The average Bonchev–Trinajstić information content (AvgIpc) is 2.92. The van der Waals surface area contributed by atoms with E-state index in [1.807, 2.05) is 0 Å². The fourth-order valence-electron chi connectivity index (χ4n) is 1.61. The van der Waals surface area contributed by atoms with E-state index in [0.29, 0.717) is 5.01 Å². The van der Waals surface area contributed by atoms with Crippen molar-refractivity contribution in [2.24, 2.45) is 5.73 Å². The third kappa shape index (κ3) is 2.24. The normalized spacial score (nSPS) is 19.4. The van der Waals surface area contributed by atoms with Gasteiger partial charge in [0.15, 0.2) is 0 Å². The van der Waals surface area contributed by atoms with Crippen LogP contribution < -0.4 is 11.1 Å². The summed E-state index contributed by atoms with van der Waals surface area (Å²) in [7, 11) is 1.40. The minimum atomic E-state index is -0.793. The number of likely N-dealkylation sites (tertiary alicyclic amines) is 1. The van der Waals surface area contributed by atoms with E-state index in [9.17, 15) is 14.4 Å². The smallest absolute Gasteiger partial charge is 0.271 e. The van der Waals surface area contributed by atoms with Gasteiger partial charge in [0.1, 0.15) is 16.7 Å². The predicted octanol–water partition coefficient (Wildman–Crippen LogP) is -0.911. The Kier molecular flexibility index (Phi) is 3.39. The Labute approximate surface area is 107 Å². The maximum atomic E-state index is 11.8. The van der Waals surface area contributed by atoms with E-state index < -0.39 is 17.9 Å². The molecule has 1 fully saturated rings. The first-order chi connectivity index (χ1) is 8.52. The summed E-state index contributed by atoms with van der Waals surface area (Å²) in [5.41, 5.74) is 5.61. The SMILES string of the molecule is CN1C(=O)CC(NC(=O)c2csc(CN)n2)C1=O. The lowest BCUT2D eigenvalue weighted by Gasteiger charge is -2.09. The van der Waals surface area contributed by atoms with Crippen LogP contribution in [0.3, 0.4) is 0 Å². The van der Waals surface area contributed by atoms with E-state index in [2.05, 4.69) is 10.3 Å². The summed E-state index contributed by atoms with van der Waals surface area (Å²) in [5.74, 6) is -1.17. The third-order valence-corrected chi connectivity index (χ3v) is 3.52. The van der Waals surface area contributed by atoms with Gasteiger partial charge in [-0.25, -0.2) is 4.98 Å². The van der Waals surface area contributed by atoms with Gasteiger partial charge in [0, 0.05) is 19.0 Å². The molecule has 0 bridgehead atoms. The van der Waals surface area contributed by atoms with Gasteiger partial charge in [-0.2, -0.15) is 0 Å². The second-order valence-corrected chi connectivity index (χ2v) is 4.79. The van der Waals surface area contributed by atoms with Crippen molar-refractivity contribution in [2.75, 3.05) is 7.05 Å². The summed E-state index contributed by atoms with van der Waals surface area (Å²) in [6.45, 7) is 0.265. The zero-order chi connectivity index (χ0) is 13.3. The molecule has 7 nitrogen and oxygen atoms in total. The molecule has 0 radical (unpaired) electrons. The number of nitrogens with zero attached hydrogens (tertiary/aromatic N) is 2. The van der Waals surface area contributed by atoms with Gasteiger partial charge in [0.2, 0.25) is 5.91 Å². The lowest BCUT2D eigenvalue weighted by atomic mass is 10.2. The van der Waals surface area contributed by atoms with Gasteiger partial charge in [0.05, 0.1) is 6.42 Å². The van der Waals surface area contributed by atoms with Crippen LogP contribution in [-0.4, -0.2) is 40.7 Å². The molecule has 3 amide bonds. The highest BCUT2D eigenvalue weighted by atomic mass is 32.1. The number of aromatic nitrogens is 1. The lowest BCUT2D eigenvalue weighted by molar-refractivity contribution is -0.137. The van der Waals surface area contributed by atoms with Crippen LogP contribution in [0.5, 0.6) is 0 Å². The second-order valence-electron chi connectivity index (χ2n) is 3.85. The van der Waals surface area contributed by atoms with Crippen LogP contribution in [0.2, 0.25) is 0 Å². The molecule has 1 aromatic rings. The molecule has 0 saturated carbocycles. The summed E-state index contributed by atoms with van der Waals surface area (Å²) in [6.07, 6.45) is -0.00500. The van der Waals surface area contributed by atoms with Gasteiger partial charge in [-0.1, -0.05) is 0 Å². The molecule has 1 atom stereocenters. The second kappa shape index (κ2) is 4.83. The number of likely N-dealkylation sites (N-methyl/N-ethyl adjacent to an activating group) is 1. The average molecular weight is 268 g/mol. The molecule has 0 aliphatic carbocycles. The molecule has 18 heavy (non-hydrogen) atoms. The van der Waals surface area contributed by atoms with E-state index in [0.717, 1.165) is 4.90 Å². The molecule has 0 aromatic carbocycles. The first kappa shape index (κ1) is 12.7. The van der Waals surface area contributed by atoms with Crippen molar-refractivity contribution in [3.63, 3.8) is 0 Å². The van der Waals surface area contributed by atoms with Gasteiger partial charge >= 0.3 is 0 Å². The van der Waals surface area contributed by atoms with Gasteiger partial charge in [-0.05, 0) is 0 Å². The lowest BCUT2D eigenvalue weighted by Crippen LogP contribution is -2.40. The predicted molar refractivity (Wildman–Crippen MR) is 63.7 cm³/mol. The Morgan fingerprint density at radius 3 is 2.89 bits per heavy atom. The molecule has 1 aromatic heterocycles. The molecular formula is C10H12N4O3S. The van der Waals surface area contributed by atoms with Crippen molar-refractivity contribution < 1.29 is 14.4 Å². The van der Waals surface area contributed by atoms with Crippen molar-refractivity contribution in [1.82, 2.24) is 15.2 Å². The van der Waals surface area contributed by atoms with Crippen molar-refractivity contribution in [3.05, 3.63) is 16.1 Å². The number of imide groups is 1. The molecular weight excluding hydrogens is 256 g/mol. The topological polar surface area (TPSA) is 105 Å². The number of hydrogen-bond acceptors (Lipinski definition) is 6. The monoisotopic (exact) mass is 268 g/mol. The fourth-order valence-corrected chi connectivity index (χ4v) is 2.26. The van der Waals surface area contributed by atoms with Crippen molar-refractivity contribution in [3.8, 4) is 0 Å². The minimum absolute atomic E-state index is 0.00500. The van der Waals surface area contributed by atoms with Crippen LogP contribution >= 0.6 is 11.3 Å². The third-order valence-electron chi connectivity index (χ3n) is 2.65. The Morgan fingerprint density at radius 2 is 2.39 bits per heavy atom. The van der Waals surface area contributed by atoms with E-state index in [1.165, 1.54) is 18.4 Å². The number of carbonyl (C=O) groups excluding carboxylic acids is 3. The van der Waals surface area contributed by atoms with Gasteiger partial charge in [-0.3, -0.25) is 19.3 Å². The molecule has 96 valence electrons. The summed E-state index contributed by atoms with van der Waals surface area (Å²) in [6, 6.07) is -0.793. The van der Waals surface area contributed by atoms with Crippen molar-refractivity contribution in [1.29, 1.82) is 0 Å². The zero-order valence-electron chi connectivity index (χ0n) is 9.67. The van der Waals surface area contributed by atoms with Crippen LogP contribution in [0.4, 0.5) is 0 Å². The van der Waals surface area contributed by atoms with Gasteiger partial charge in [-0.15, -0.1) is 11.3 Å². The largest absolute Gasteiger partial charge is 0.338 e. The van der Waals surface area contributed by atoms with E-state index >= 15 is 0 Å². The van der Waals surface area contributed by atoms with Crippen LogP contribution in [0, 0.1) is 0 Å². The first-order valence-electron chi connectivity index (χ1n) is 5.28. The number of amides is 3. The Hall–Kier alpha value is -1.80. The fraction of sp³-hybridized carbons (Fsp3) is 0.400. The molecule has 2 heterocycles. The van der Waals surface area contributed by atoms with E-state index in [-0.39, 0.29) is 24.6 Å². The van der Waals surface area contributed by atoms with Gasteiger partial charge < -0.3 is 11.1 Å². The van der Waals surface area contributed by atoms with Crippen LogP contribution in [0.25, 0.3) is 0 Å². The first-order valence-corrected chi connectivity index (χ1v) is 6.16. The number of thiazole rings is 1. The van der Waals surface area contributed by atoms with E-state index in [1.54, 1.807) is 5.38 Å². The highest BCUT2D eigenvalue weighted by molar-refractivity contribution is 7.09. The molecule has 1 unspecified atom stereocenters. The number of nitrogens with two attached hydrogens (primary N) is 1. The summed E-state index contributed by atoms with van der Waals surface area (Å²) in [4.78, 5) is 39.7. The minimum Gasteiger partial charge on any atom is -0.338 e. The summed E-state index contributed by atoms with van der Waals surface area (Å²) >= 11 is 1.28. The van der Waals surface area contributed by atoms with Crippen LogP contribution in [0.15, 0.2) is 5.38 Å². The highest BCUT2D eigenvalue weighted by Gasteiger charge is 2.37. The molecule has 1 aliphatic rings. The number of rotatable bonds is 3. The zero-order valence-corrected chi connectivity index (χ0v) is 10.5. The number of carbonyl (C=O) groups is 3.